The molecule has 1 N–H and O–H groups in total. The van der Waals surface area contributed by atoms with E-state index >= 15 is 0 Å². The Morgan fingerprint density at radius 1 is 1.03 bits per heavy atom. The van der Waals surface area contributed by atoms with Gasteiger partial charge in [-0.2, -0.15) is 0 Å². The van der Waals surface area contributed by atoms with Gasteiger partial charge < -0.3 is 14.6 Å². The van der Waals surface area contributed by atoms with Gasteiger partial charge in [-0.25, -0.2) is 4.39 Å². The highest BCUT2D eigenvalue weighted by Crippen LogP contribution is 2.47. The molecule has 0 unspecified atom stereocenters. The largest absolute Gasteiger partial charge is 0.508 e. The zero-order valence-electron chi connectivity index (χ0n) is 19.0. The Bertz CT molecular complexity index is 1190. The zero-order chi connectivity index (χ0) is 23.7. The number of phenols is 1. The molecule has 1 fully saturated rings. The van der Waals surface area contributed by atoms with Crippen LogP contribution in [0.5, 0.6) is 17.2 Å². The second kappa shape index (κ2) is 9.47. The lowest BCUT2D eigenvalue weighted by Gasteiger charge is -2.37. The lowest BCUT2D eigenvalue weighted by atomic mass is 9.86. The van der Waals surface area contributed by atoms with Gasteiger partial charge in [0.25, 0.3) is 0 Å². The third-order valence-electron chi connectivity index (χ3n) is 6.55. The maximum Gasteiger partial charge on any atom is 0.150 e. The van der Waals surface area contributed by atoms with Crippen molar-refractivity contribution >= 4 is 11.1 Å². The number of phenolic OH excluding ortho intramolecular Hbond substituents is 1. The SMILES string of the molecule is CC1=C(c2ccc(F)cc2)[C@@H](c2ccc(OCCN3CC(CF)C3)cc2)Oc2cc(O)ccc21. The summed E-state index contributed by atoms with van der Waals surface area (Å²) in [5.41, 5.74) is 4.67. The first kappa shape index (κ1) is 22.4. The van der Waals surface area contributed by atoms with Crippen LogP contribution >= 0.6 is 0 Å². The summed E-state index contributed by atoms with van der Waals surface area (Å²) >= 11 is 0. The predicted octanol–water partition coefficient (Wildman–Crippen LogP) is 5.88. The number of halogens is 2. The van der Waals surface area contributed by atoms with Crippen LogP contribution in [-0.4, -0.2) is 42.9 Å². The summed E-state index contributed by atoms with van der Waals surface area (Å²) in [4.78, 5) is 2.18. The average molecular weight is 464 g/mol. The summed E-state index contributed by atoms with van der Waals surface area (Å²) in [6.45, 7) is 4.69. The third-order valence-corrected chi connectivity index (χ3v) is 6.55. The van der Waals surface area contributed by atoms with E-state index in [9.17, 15) is 13.9 Å². The summed E-state index contributed by atoms with van der Waals surface area (Å²) in [6.07, 6.45) is -0.424. The fourth-order valence-electron chi connectivity index (χ4n) is 4.67. The van der Waals surface area contributed by atoms with Crippen LogP contribution in [0.4, 0.5) is 8.78 Å². The van der Waals surface area contributed by atoms with Gasteiger partial charge in [0.2, 0.25) is 0 Å². The number of allylic oxidation sites excluding steroid dienone is 1. The van der Waals surface area contributed by atoms with Crippen molar-refractivity contribution in [1.29, 1.82) is 0 Å². The molecule has 2 heterocycles. The fraction of sp³-hybridized carbons (Fsp3) is 0.286. The van der Waals surface area contributed by atoms with Gasteiger partial charge in [-0.15, -0.1) is 0 Å². The second-order valence-electron chi connectivity index (χ2n) is 8.92. The van der Waals surface area contributed by atoms with Crippen molar-refractivity contribution in [3.8, 4) is 17.2 Å². The van der Waals surface area contributed by atoms with Crippen LogP contribution in [0.1, 0.15) is 29.7 Å². The Morgan fingerprint density at radius 3 is 2.47 bits per heavy atom. The van der Waals surface area contributed by atoms with E-state index in [1.165, 1.54) is 12.1 Å². The quantitative estimate of drug-likeness (QED) is 0.476. The lowest BCUT2D eigenvalue weighted by molar-refractivity contribution is 0.0668. The normalized spacial score (nSPS) is 18.3. The Kier molecular flexibility index (Phi) is 6.24. The molecular formula is C28H27F2NO3. The molecule has 4 nitrogen and oxygen atoms in total. The van der Waals surface area contributed by atoms with Crippen LogP contribution in [-0.2, 0) is 0 Å². The molecule has 176 valence electrons. The first-order valence-corrected chi connectivity index (χ1v) is 11.5. The van der Waals surface area contributed by atoms with Crippen LogP contribution < -0.4 is 9.47 Å². The molecule has 0 aromatic heterocycles. The van der Waals surface area contributed by atoms with Crippen LogP contribution in [0.2, 0.25) is 0 Å². The Labute approximate surface area is 198 Å². The number of hydrogen-bond acceptors (Lipinski definition) is 4. The number of aromatic hydroxyl groups is 1. The molecule has 0 amide bonds. The summed E-state index contributed by atoms with van der Waals surface area (Å²) < 4.78 is 38.4. The minimum atomic E-state index is -0.424. The molecule has 0 aliphatic carbocycles. The molecule has 2 aliphatic heterocycles. The van der Waals surface area contributed by atoms with E-state index in [2.05, 4.69) is 4.90 Å². The van der Waals surface area contributed by atoms with Gasteiger partial charge in [0.15, 0.2) is 0 Å². The molecule has 6 heteroatoms. The van der Waals surface area contributed by atoms with Gasteiger partial charge in [0, 0.05) is 42.8 Å². The van der Waals surface area contributed by atoms with E-state index in [1.807, 2.05) is 37.3 Å². The van der Waals surface area contributed by atoms with Crippen LogP contribution in [0.15, 0.2) is 66.7 Å². The summed E-state index contributed by atoms with van der Waals surface area (Å²) in [5.74, 6) is 1.38. The minimum Gasteiger partial charge on any atom is -0.508 e. The summed E-state index contributed by atoms with van der Waals surface area (Å²) in [6, 6.07) is 19.3. The molecule has 3 aromatic carbocycles. The molecule has 5 rings (SSSR count). The predicted molar refractivity (Wildman–Crippen MR) is 128 cm³/mol. The van der Waals surface area contributed by atoms with Gasteiger partial charge in [-0.05, 0) is 60.0 Å². The van der Waals surface area contributed by atoms with Crippen LogP contribution in [0.25, 0.3) is 11.1 Å². The van der Waals surface area contributed by atoms with E-state index in [4.69, 9.17) is 9.47 Å². The first-order chi connectivity index (χ1) is 16.5. The van der Waals surface area contributed by atoms with Gasteiger partial charge in [0.05, 0.1) is 6.67 Å². The van der Waals surface area contributed by atoms with Crippen molar-refractivity contribution in [1.82, 2.24) is 4.90 Å². The standard InChI is InChI=1S/C28H27F2NO3/c1-18-25-11-8-23(32)14-26(25)34-28(27(18)20-2-6-22(30)7-3-20)21-4-9-24(10-5-21)33-13-12-31-16-19(15-29)17-31/h2-11,14,19,28,32H,12-13,15-17H2,1H3/t28-/m1/s1. The fourth-order valence-corrected chi connectivity index (χ4v) is 4.67. The first-order valence-electron chi connectivity index (χ1n) is 11.5. The number of fused-ring (bicyclic) bond motifs is 1. The molecule has 0 radical (unpaired) electrons. The van der Waals surface area contributed by atoms with Gasteiger partial charge >= 0.3 is 0 Å². The van der Waals surface area contributed by atoms with Crippen molar-refractivity contribution in [3.63, 3.8) is 0 Å². The monoisotopic (exact) mass is 463 g/mol. The third kappa shape index (κ3) is 4.50. The lowest BCUT2D eigenvalue weighted by Crippen LogP contribution is -2.49. The number of hydrogen-bond donors (Lipinski definition) is 1. The van der Waals surface area contributed by atoms with E-state index in [1.54, 1.807) is 24.3 Å². The highest BCUT2D eigenvalue weighted by atomic mass is 19.1. The van der Waals surface area contributed by atoms with Gasteiger partial charge in [-0.3, -0.25) is 9.29 Å². The van der Waals surface area contributed by atoms with Gasteiger partial charge in [-0.1, -0.05) is 24.3 Å². The average Bonchev–Trinajstić information content (AvgIpc) is 2.81. The molecule has 1 saturated heterocycles. The number of likely N-dealkylation sites (tertiary alicyclic amines) is 1. The van der Waals surface area contributed by atoms with Crippen molar-refractivity contribution in [2.24, 2.45) is 5.92 Å². The van der Waals surface area contributed by atoms with E-state index in [0.717, 1.165) is 53.2 Å². The smallest absolute Gasteiger partial charge is 0.150 e. The second-order valence-corrected chi connectivity index (χ2v) is 8.92. The number of nitrogens with zero attached hydrogens (tertiary/aromatic N) is 1. The molecule has 34 heavy (non-hydrogen) atoms. The zero-order valence-corrected chi connectivity index (χ0v) is 19.0. The van der Waals surface area contributed by atoms with E-state index < -0.39 is 6.10 Å². The van der Waals surface area contributed by atoms with E-state index in [-0.39, 0.29) is 24.2 Å². The number of rotatable bonds is 7. The Morgan fingerprint density at radius 2 is 1.76 bits per heavy atom. The van der Waals surface area contributed by atoms with Crippen LogP contribution in [0.3, 0.4) is 0 Å². The van der Waals surface area contributed by atoms with Crippen molar-refractivity contribution < 1.29 is 23.4 Å². The van der Waals surface area contributed by atoms with Crippen molar-refractivity contribution in [3.05, 3.63) is 89.2 Å². The molecule has 3 aromatic rings. The maximum absolute atomic E-state index is 13.6. The summed E-state index contributed by atoms with van der Waals surface area (Å²) in [5, 5.41) is 9.98. The van der Waals surface area contributed by atoms with Crippen molar-refractivity contribution in [2.45, 2.75) is 13.0 Å². The number of alkyl halides is 1. The Hall–Kier alpha value is -3.38. The molecule has 1 atom stereocenters. The molecule has 0 bridgehead atoms. The molecule has 0 spiro atoms. The topological polar surface area (TPSA) is 41.9 Å². The highest BCUT2D eigenvalue weighted by Gasteiger charge is 2.30. The molecular weight excluding hydrogens is 436 g/mol. The number of ether oxygens (including phenoxy) is 2. The number of benzene rings is 3. The van der Waals surface area contributed by atoms with Crippen LogP contribution in [0, 0.1) is 11.7 Å². The molecule has 2 aliphatic rings. The Balaban J connectivity index is 1.37. The summed E-state index contributed by atoms with van der Waals surface area (Å²) in [7, 11) is 0. The van der Waals surface area contributed by atoms with E-state index in [0.29, 0.717) is 12.4 Å². The maximum atomic E-state index is 13.6. The highest BCUT2D eigenvalue weighted by molar-refractivity contribution is 5.95. The van der Waals surface area contributed by atoms with Crippen molar-refractivity contribution in [2.75, 3.05) is 32.9 Å². The molecule has 0 saturated carbocycles. The van der Waals surface area contributed by atoms with Gasteiger partial charge in [0.1, 0.15) is 35.8 Å². The minimum absolute atomic E-state index is 0.138.